The Morgan fingerprint density at radius 3 is 2.00 bits per heavy atom. The molecule has 94 valence electrons. The molecule has 17 heavy (non-hydrogen) atoms. The normalized spacial score (nSPS) is 11.1. The van der Waals surface area contributed by atoms with E-state index in [0.717, 1.165) is 0 Å². The van der Waals surface area contributed by atoms with E-state index in [1.807, 2.05) is 0 Å². The van der Waals surface area contributed by atoms with Gasteiger partial charge in [-0.1, -0.05) is 0 Å². The summed E-state index contributed by atoms with van der Waals surface area (Å²) in [6.07, 6.45) is 0. The van der Waals surface area contributed by atoms with Crippen LogP contribution in [0.5, 0.6) is 12.0 Å². The van der Waals surface area contributed by atoms with Crippen molar-refractivity contribution in [1.82, 2.24) is 19.4 Å². The Balaban J connectivity index is 3.15. The minimum Gasteiger partial charge on any atom is -0.544 e. The number of likely N-dealkylation sites (N-methyl/N-ethyl adjacent to an activating group) is 1. The monoisotopic (exact) mass is 242 g/mol. The maximum atomic E-state index is 10.6. The maximum Gasteiger partial charge on any atom is 0.338 e. The van der Waals surface area contributed by atoms with Crippen molar-refractivity contribution in [2.45, 2.75) is 0 Å². The number of nitrogens with zero attached hydrogens (tertiary/aromatic N) is 4. The lowest BCUT2D eigenvalue weighted by molar-refractivity contribution is -0.305. The van der Waals surface area contributed by atoms with Crippen LogP contribution in [0.25, 0.3) is 0 Å². The minimum atomic E-state index is -1.20. The highest BCUT2D eigenvalue weighted by atomic mass is 16.5. The summed E-state index contributed by atoms with van der Waals surface area (Å²) < 4.78 is 9.66. The van der Waals surface area contributed by atoms with Gasteiger partial charge < -0.3 is 19.4 Å². The molecule has 1 aromatic heterocycles. The van der Waals surface area contributed by atoms with Gasteiger partial charge in [-0.25, -0.2) is 0 Å². The highest BCUT2D eigenvalue weighted by molar-refractivity contribution is 5.68. The zero-order valence-electron chi connectivity index (χ0n) is 10.1. The standard InChI is InChI=1S/C9H14N4O4/c1-13(2,5-6(14)15)7-10-8(16-3)12-9(11-7)17-4/h5H2,1-4H3. The number of hydrogen-bond acceptors (Lipinski definition) is 7. The summed E-state index contributed by atoms with van der Waals surface area (Å²) in [7, 11) is 6.06. The SMILES string of the molecule is COc1nc(OC)nc([N+](C)(C)CC(=O)[O-])n1. The minimum absolute atomic E-state index is 0.0661. The van der Waals surface area contributed by atoms with E-state index in [9.17, 15) is 9.90 Å². The summed E-state index contributed by atoms with van der Waals surface area (Å²) in [5.74, 6) is -0.980. The van der Waals surface area contributed by atoms with Crippen LogP contribution in [0.15, 0.2) is 0 Å². The van der Waals surface area contributed by atoms with Crippen LogP contribution in [0.4, 0.5) is 5.95 Å². The molecule has 0 aliphatic carbocycles. The van der Waals surface area contributed by atoms with Gasteiger partial charge in [0.1, 0.15) is 6.54 Å². The van der Waals surface area contributed by atoms with E-state index in [0.29, 0.717) is 0 Å². The zero-order chi connectivity index (χ0) is 13.1. The summed E-state index contributed by atoms with van der Waals surface area (Å²) in [6.45, 7) is -0.268. The predicted molar refractivity (Wildman–Crippen MR) is 56.4 cm³/mol. The van der Waals surface area contributed by atoms with E-state index in [-0.39, 0.29) is 29.0 Å². The Labute approximate surface area is 98.4 Å². The van der Waals surface area contributed by atoms with Gasteiger partial charge in [-0.05, 0) is 0 Å². The highest BCUT2D eigenvalue weighted by Crippen LogP contribution is 2.18. The smallest absolute Gasteiger partial charge is 0.338 e. The third kappa shape index (κ3) is 3.25. The number of rotatable bonds is 5. The molecule has 0 aliphatic rings. The van der Waals surface area contributed by atoms with Crippen LogP contribution in [-0.2, 0) is 4.79 Å². The number of methoxy groups -OCH3 is 2. The molecule has 0 saturated heterocycles. The first-order valence-corrected chi connectivity index (χ1v) is 4.76. The molecule has 0 N–H and O–H groups in total. The van der Waals surface area contributed by atoms with Gasteiger partial charge in [0.25, 0.3) is 0 Å². The van der Waals surface area contributed by atoms with E-state index in [1.54, 1.807) is 14.1 Å². The van der Waals surface area contributed by atoms with Crippen LogP contribution in [0.3, 0.4) is 0 Å². The fraction of sp³-hybridized carbons (Fsp3) is 0.556. The first-order valence-electron chi connectivity index (χ1n) is 4.76. The van der Waals surface area contributed by atoms with Crippen molar-refractivity contribution in [3.05, 3.63) is 0 Å². The summed E-state index contributed by atoms with van der Waals surface area (Å²) in [5.41, 5.74) is 0. The molecule has 1 rings (SSSR count). The van der Waals surface area contributed by atoms with Gasteiger partial charge in [-0.3, -0.25) is 4.48 Å². The Kier molecular flexibility index (Phi) is 3.79. The zero-order valence-corrected chi connectivity index (χ0v) is 10.1. The van der Waals surface area contributed by atoms with Gasteiger partial charge >= 0.3 is 18.0 Å². The largest absolute Gasteiger partial charge is 0.544 e. The summed E-state index contributed by atoms with van der Waals surface area (Å²) in [6, 6.07) is 0.132. The Morgan fingerprint density at radius 2 is 1.65 bits per heavy atom. The van der Waals surface area contributed by atoms with Gasteiger partial charge in [0.2, 0.25) is 0 Å². The maximum absolute atomic E-state index is 10.6. The number of quaternary nitrogens is 1. The number of ether oxygens (including phenoxy) is 2. The number of hydrogen-bond donors (Lipinski definition) is 0. The summed E-state index contributed by atoms with van der Waals surface area (Å²) in [5, 5.41) is 10.6. The number of carboxylic acid groups (broad SMARTS) is 1. The molecule has 0 radical (unpaired) electrons. The second kappa shape index (κ2) is 4.91. The van der Waals surface area contributed by atoms with Crippen molar-refractivity contribution >= 4 is 11.9 Å². The van der Waals surface area contributed by atoms with Crippen molar-refractivity contribution in [1.29, 1.82) is 0 Å². The molecule has 1 heterocycles. The lowest BCUT2D eigenvalue weighted by Gasteiger charge is -2.26. The van der Waals surface area contributed by atoms with Crippen molar-refractivity contribution in [3.63, 3.8) is 0 Å². The quantitative estimate of drug-likeness (QED) is 0.562. The molecule has 8 nitrogen and oxygen atoms in total. The molecule has 1 aromatic rings. The molecule has 0 fully saturated rings. The third-order valence-corrected chi connectivity index (χ3v) is 2.01. The average molecular weight is 242 g/mol. The topological polar surface area (TPSA) is 97.3 Å². The second-order valence-electron chi connectivity index (χ2n) is 3.82. The third-order valence-electron chi connectivity index (χ3n) is 2.01. The van der Waals surface area contributed by atoms with Crippen LogP contribution in [0.1, 0.15) is 0 Å². The number of carbonyl (C=O) groups is 1. The van der Waals surface area contributed by atoms with E-state index in [1.165, 1.54) is 14.2 Å². The lowest BCUT2D eigenvalue weighted by Crippen LogP contribution is -2.50. The first kappa shape index (κ1) is 13.1. The van der Waals surface area contributed by atoms with Crippen molar-refractivity contribution in [3.8, 4) is 12.0 Å². The molecular weight excluding hydrogens is 228 g/mol. The molecule has 0 spiro atoms. The number of carbonyl (C=O) groups excluding carboxylic acids is 1. The van der Waals surface area contributed by atoms with Gasteiger partial charge in [-0.15, -0.1) is 15.0 Å². The van der Waals surface area contributed by atoms with E-state index < -0.39 is 5.97 Å². The van der Waals surface area contributed by atoms with Crippen molar-refractivity contribution < 1.29 is 19.4 Å². The predicted octanol–water partition coefficient (Wildman–Crippen LogP) is -1.79. The van der Waals surface area contributed by atoms with Crippen LogP contribution in [0.2, 0.25) is 0 Å². The van der Waals surface area contributed by atoms with Crippen LogP contribution < -0.4 is 19.1 Å². The Morgan fingerprint density at radius 1 is 1.18 bits per heavy atom. The number of aliphatic carboxylic acids is 1. The van der Waals surface area contributed by atoms with Crippen LogP contribution in [0, 0.1) is 0 Å². The average Bonchev–Trinajstić information content (AvgIpc) is 2.26. The number of aromatic nitrogens is 3. The van der Waals surface area contributed by atoms with Gasteiger partial charge in [0.15, 0.2) is 0 Å². The van der Waals surface area contributed by atoms with E-state index in [4.69, 9.17) is 9.47 Å². The molecule has 0 bridgehead atoms. The highest BCUT2D eigenvalue weighted by Gasteiger charge is 2.25. The van der Waals surface area contributed by atoms with Crippen LogP contribution >= 0.6 is 0 Å². The lowest BCUT2D eigenvalue weighted by atomic mass is 10.5. The molecule has 0 unspecified atom stereocenters. The fourth-order valence-electron chi connectivity index (χ4n) is 1.17. The molecule has 8 heteroatoms. The van der Waals surface area contributed by atoms with E-state index >= 15 is 0 Å². The molecule has 0 aromatic carbocycles. The Bertz CT molecular complexity index is 399. The van der Waals surface area contributed by atoms with Gasteiger partial charge in [0, 0.05) is 0 Å². The van der Waals surface area contributed by atoms with E-state index in [2.05, 4.69) is 15.0 Å². The van der Waals surface area contributed by atoms with Crippen LogP contribution in [-0.4, -0.2) is 55.8 Å². The van der Waals surface area contributed by atoms with Gasteiger partial charge in [-0.2, -0.15) is 0 Å². The van der Waals surface area contributed by atoms with Gasteiger partial charge in [0.05, 0.1) is 34.3 Å². The molecule has 0 atom stereocenters. The fourth-order valence-corrected chi connectivity index (χ4v) is 1.17. The molecule has 0 amide bonds. The molecule has 0 saturated carbocycles. The summed E-state index contributed by atoms with van der Waals surface area (Å²) >= 11 is 0. The summed E-state index contributed by atoms with van der Waals surface area (Å²) in [4.78, 5) is 22.4. The first-order chi connectivity index (χ1) is 7.89. The molecular formula is C9H14N4O4. The van der Waals surface area contributed by atoms with Crippen molar-refractivity contribution in [2.75, 3.05) is 34.9 Å². The Hall–Kier alpha value is -1.96. The second-order valence-corrected chi connectivity index (χ2v) is 3.82. The molecule has 0 aliphatic heterocycles. The van der Waals surface area contributed by atoms with Crippen molar-refractivity contribution in [2.24, 2.45) is 0 Å². The number of carboxylic acids is 1.